The van der Waals surface area contributed by atoms with E-state index in [1.165, 1.54) is 11.8 Å². The van der Waals surface area contributed by atoms with E-state index in [0.29, 0.717) is 12.2 Å². The topological polar surface area (TPSA) is 12.0 Å². The first-order chi connectivity index (χ1) is 5.17. The van der Waals surface area contributed by atoms with Gasteiger partial charge < -0.3 is 5.32 Å². The van der Waals surface area contributed by atoms with Gasteiger partial charge in [-0.25, -0.2) is 8.78 Å². The molecular weight excluding hydrogens is 168 g/mol. The molecule has 0 aromatic rings. The molecule has 0 aromatic carbocycles. The van der Waals surface area contributed by atoms with Gasteiger partial charge in [-0.2, -0.15) is 11.8 Å². The van der Waals surface area contributed by atoms with Gasteiger partial charge in [0.1, 0.15) is 0 Å². The first-order valence-corrected chi connectivity index (χ1v) is 5.13. The molecule has 0 saturated carbocycles. The summed E-state index contributed by atoms with van der Waals surface area (Å²) in [7, 11) is 0. The van der Waals surface area contributed by atoms with Crippen LogP contribution >= 0.6 is 11.8 Å². The van der Waals surface area contributed by atoms with Gasteiger partial charge >= 0.3 is 0 Å². The highest BCUT2D eigenvalue weighted by Gasteiger charge is 2.40. The summed E-state index contributed by atoms with van der Waals surface area (Å²) in [5.74, 6) is -2.32. The molecule has 0 aromatic heterocycles. The molecule has 0 amide bonds. The molecular formula is C7H13F2NS. The Balaban J connectivity index is 2.45. The van der Waals surface area contributed by atoms with Crippen LogP contribution in [0, 0.1) is 5.92 Å². The Kier molecular flexibility index (Phi) is 3.13. The highest BCUT2D eigenvalue weighted by molar-refractivity contribution is 7.98. The molecule has 0 spiro atoms. The molecule has 1 atom stereocenters. The second-order valence-electron chi connectivity index (χ2n) is 2.88. The van der Waals surface area contributed by atoms with Crippen LogP contribution in [0.2, 0.25) is 0 Å². The molecule has 1 aliphatic rings. The molecule has 66 valence electrons. The van der Waals surface area contributed by atoms with E-state index >= 15 is 0 Å². The maximum atomic E-state index is 13.0. The van der Waals surface area contributed by atoms with Crippen molar-refractivity contribution in [3.8, 4) is 0 Å². The van der Waals surface area contributed by atoms with Gasteiger partial charge in [0.2, 0.25) is 0 Å². The van der Waals surface area contributed by atoms with E-state index in [1.54, 1.807) is 0 Å². The molecule has 1 fully saturated rings. The fourth-order valence-corrected chi connectivity index (χ4v) is 2.11. The predicted octanol–water partition coefficient (Wildman–Crippen LogP) is 1.59. The molecule has 0 bridgehead atoms. The minimum atomic E-state index is -2.48. The molecule has 1 saturated heterocycles. The van der Waals surface area contributed by atoms with E-state index in [2.05, 4.69) is 5.32 Å². The monoisotopic (exact) mass is 181 g/mol. The molecule has 1 aliphatic heterocycles. The van der Waals surface area contributed by atoms with Gasteiger partial charge in [0, 0.05) is 11.7 Å². The first-order valence-electron chi connectivity index (χ1n) is 3.74. The minimum absolute atomic E-state index is 0.141. The van der Waals surface area contributed by atoms with Crippen LogP contribution in [-0.2, 0) is 0 Å². The summed E-state index contributed by atoms with van der Waals surface area (Å²) in [4.78, 5) is 0. The summed E-state index contributed by atoms with van der Waals surface area (Å²) >= 11 is 1.50. The summed E-state index contributed by atoms with van der Waals surface area (Å²) in [6, 6.07) is 0. The van der Waals surface area contributed by atoms with Crippen LogP contribution in [0.3, 0.4) is 0 Å². The molecule has 1 heterocycles. The van der Waals surface area contributed by atoms with Crippen molar-refractivity contribution in [3.05, 3.63) is 0 Å². The molecule has 1 nitrogen and oxygen atoms in total. The van der Waals surface area contributed by atoms with Crippen LogP contribution < -0.4 is 5.32 Å². The first kappa shape index (κ1) is 9.26. The second-order valence-corrected chi connectivity index (χ2v) is 3.79. The van der Waals surface area contributed by atoms with Gasteiger partial charge in [0.25, 0.3) is 5.92 Å². The molecule has 1 unspecified atom stereocenters. The van der Waals surface area contributed by atoms with Crippen molar-refractivity contribution >= 4 is 11.8 Å². The summed E-state index contributed by atoms with van der Waals surface area (Å²) in [6.07, 6.45) is 2.48. The predicted molar refractivity (Wildman–Crippen MR) is 44.3 cm³/mol. The fraction of sp³-hybridized carbons (Fsp3) is 1.00. The zero-order valence-electron chi connectivity index (χ0n) is 6.57. The van der Waals surface area contributed by atoms with Gasteiger partial charge in [-0.1, -0.05) is 0 Å². The van der Waals surface area contributed by atoms with Gasteiger partial charge in [0.05, 0.1) is 6.54 Å². The summed E-state index contributed by atoms with van der Waals surface area (Å²) < 4.78 is 26.0. The van der Waals surface area contributed by atoms with Crippen LogP contribution in [0.15, 0.2) is 0 Å². The van der Waals surface area contributed by atoms with Crippen molar-refractivity contribution in [1.29, 1.82) is 0 Å². The Labute approximate surface area is 69.9 Å². The molecule has 0 radical (unpaired) electrons. The SMILES string of the molecule is CSCC1CCNCC1(F)F. The van der Waals surface area contributed by atoms with Crippen molar-refractivity contribution in [3.63, 3.8) is 0 Å². The van der Waals surface area contributed by atoms with Gasteiger partial charge in [-0.15, -0.1) is 0 Å². The largest absolute Gasteiger partial charge is 0.311 e. The number of hydrogen-bond acceptors (Lipinski definition) is 2. The number of rotatable bonds is 2. The Morgan fingerprint density at radius 1 is 1.64 bits per heavy atom. The van der Waals surface area contributed by atoms with E-state index in [0.717, 1.165) is 6.54 Å². The van der Waals surface area contributed by atoms with Gasteiger partial charge in [-0.3, -0.25) is 0 Å². The zero-order valence-corrected chi connectivity index (χ0v) is 7.39. The third-order valence-electron chi connectivity index (χ3n) is 2.00. The van der Waals surface area contributed by atoms with Crippen LogP contribution in [0.25, 0.3) is 0 Å². The number of alkyl halides is 2. The number of halogens is 2. The Bertz CT molecular complexity index is 128. The Hall–Kier alpha value is 0.170. The summed E-state index contributed by atoms with van der Waals surface area (Å²) in [5, 5.41) is 2.70. The third-order valence-corrected chi connectivity index (χ3v) is 2.73. The average molecular weight is 181 g/mol. The van der Waals surface area contributed by atoms with E-state index in [1.807, 2.05) is 6.26 Å². The normalized spacial score (nSPS) is 30.3. The van der Waals surface area contributed by atoms with E-state index < -0.39 is 11.8 Å². The average Bonchev–Trinajstić information content (AvgIpc) is 1.94. The quantitative estimate of drug-likeness (QED) is 0.694. The smallest absolute Gasteiger partial charge is 0.263 e. The van der Waals surface area contributed by atoms with Gasteiger partial charge in [0.15, 0.2) is 0 Å². The lowest BCUT2D eigenvalue weighted by Gasteiger charge is -2.31. The molecule has 1 rings (SSSR count). The second kappa shape index (κ2) is 3.72. The van der Waals surface area contributed by atoms with Gasteiger partial charge in [-0.05, 0) is 19.2 Å². The lowest BCUT2D eigenvalue weighted by Crippen LogP contribution is -2.46. The van der Waals surface area contributed by atoms with Crippen LogP contribution in [0.4, 0.5) is 8.78 Å². The van der Waals surface area contributed by atoms with Crippen LogP contribution in [0.1, 0.15) is 6.42 Å². The maximum absolute atomic E-state index is 13.0. The molecule has 11 heavy (non-hydrogen) atoms. The number of piperidine rings is 1. The van der Waals surface area contributed by atoms with E-state index in [9.17, 15) is 8.78 Å². The fourth-order valence-electron chi connectivity index (χ4n) is 1.29. The lowest BCUT2D eigenvalue weighted by atomic mass is 9.96. The van der Waals surface area contributed by atoms with Crippen molar-refractivity contribution in [2.45, 2.75) is 12.3 Å². The highest BCUT2D eigenvalue weighted by Crippen LogP contribution is 2.31. The third kappa shape index (κ3) is 2.30. The molecule has 0 aliphatic carbocycles. The van der Waals surface area contributed by atoms with Crippen LogP contribution in [-0.4, -0.2) is 31.0 Å². The Morgan fingerprint density at radius 3 is 2.91 bits per heavy atom. The summed E-state index contributed by atoms with van der Waals surface area (Å²) in [6.45, 7) is 0.596. The van der Waals surface area contributed by atoms with Crippen molar-refractivity contribution in [2.24, 2.45) is 5.92 Å². The summed E-state index contributed by atoms with van der Waals surface area (Å²) in [5.41, 5.74) is 0. The number of nitrogens with one attached hydrogen (secondary N) is 1. The van der Waals surface area contributed by atoms with Crippen molar-refractivity contribution < 1.29 is 8.78 Å². The molecule has 1 N–H and O–H groups in total. The highest BCUT2D eigenvalue weighted by atomic mass is 32.2. The number of hydrogen-bond donors (Lipinski definition) is 1. The number of thioether (sulfide) groups is 1. The van der Waals surface area contributed by atoms with E-state index in [4.69, 9.17) is 0 Å². The molecule has 4 heteroatoms. The van der Waals surface area contributed by atoms with Crippen LogP contribution in [0.5, 0.6) is 0 Å². The maximum Gasteiger partial charge on any atom is 0.263 e. The minimum Gasteiger partial charge on any atom is -0.311 e. The van der Waals surface area contributed by atoms with E-state index in [-0.39, 0.29) is 6.54 Å². The standard InChI is InChI=1S/C7H13F2NS/c1-11-4-6-2-3-10-5-7(6,8)9/h6,10H,2-5H2,1H3. The van der Waals surface area contributed by atoms with Crippen molar-refractivity contribution in [2.75, 3.05) is 25.1 Å². The van der Waals surface area contributed by atoms with Crippen molar-refractivity contribution in [1.82, 2.24) is 5.32 Å². The zero-order chi connectivity index (χ0) is 8.32. The Morgan fingerprint density at radius 2 is 2.36 bits per heavy atom. The lowest BCUT2D eigenvalue weighted by molar-refractivity contribution is -0.0639.